The van der Waals surface area contributed by atoms with E-state index in [9.17, 15) is 4.79 Å². The van der Waals surface area contributed by atoms with Gasteiger partial charge in [0.1, 0.15) is 4.88 Å². The average molecular weight is 236 g/mol. The second kappa shape index (κ2) is 3.83. The molecule has 0 amide bonds. The van der Waals surface area contributed by atoms with Crippen LogP contribution in [0, 0.1) is 0 Å². The summed E-state index contributed by atoms with van der Waals surface area (Å²) in [6.07, 6.45) is 1.48. The van der Waals surface area contributed by atoms with Crippen LogP contribution in [0.2, 0.25) is 0 Å². The number of rotatable bonds is 2. The summed E-state index contributed by atoms with van der Waals surface area (Å²) in [6.45, 7) is 6.01. The van der Waals surface area contributed by atoms with Gasteiger partial charge < -0.3 is 4.42 Å². The van der Waals surface area contributed by atoms with E-state index in [4.69, 9.17) is 4.42 Å². The van der Waals surface area contributed by atoms with Crippen molar-refractivity contribution in [3.63, 3.8) is 0 Å². The number of aromatic nitrogens is 2. The lowest BCUT2D eigenvalue weighted by atomic mass is 9.90. The van der Waals surface area contributed by atoms with E-state index in [0.717, 1.165) is 17.2 Å². The number of carbonyl (C=O) groups is 1. The van der Waals surface area contributed by atoms with E-state index < -0.39 is 0 Å². The molecule has 84 valence electrons. The highest BCUT2D eigenvalue weighted by atomic mass is 32.1. The topological polar surface area (TPSA) is 56.0 Å². The maximum atomic E-state index is 12.1. The Bertz CT molecular complexity index is 494. The molecular weight excluding hydrogens is 224 g/mol. The molecule has 0 spiro atoms. The van der Waals surface area contributed by atoms with Crippen molar-refractivity contribution >= 4 is 17.3 Å². The Morgan fingerprint density at radius 3 is 2.75 bits per heavy atom. The monoisotopic (exact) mass is 236 g/mol. The van der Waals surface area contributed by atoms with Crippen molar-refractivity contribution in [3.8, 4) is 0 Å². The van der Waals surface area contributed by atoms with Gasteiger partial charge in [-0.05, 0) is 23.7 Å². The lowest BCUT2D eigenvalue weighted by molar-refractivity contribution is 0.101. The van der Waals surface area contributed by atoms with Gasteiger partial charge in [0.25, 0.3) is 0 Å². The molecule has 2 heterocycles. The van der Waals surface area contributed by atoms with Crippen LogP contribution in [0.4, 0.5) is 0 Å². The Morgan fingerprint density at radius 1 is 1.44 bits per heavy atom. The summed E-state index contributed by atoms with van der Waals surface area (Å²) >= 11 is 1.11. The van der Waals surface area contributed by atoms with Gasteiger partial charge in [-0.2, -0.15) is 0 Å². The highest BCUT2D eigenvalue weighted by Gasteiger charge is 2.27. The third-order valence-electron chi connectivity index (χ3n) is 2.15. The average Bonchev–Trinajstić information content (AvgIpc) is 2.87. The Morgan fingerprint density at radius 2 is 2.19 bits per heavy atom. The summed E-state index contributed by atoms with van der Waals surface area (Å²) in [7, 11) is 0. The van der Waals surface area contributed by atoms with E-state index in [0.29, 0.717) is 10.6 Å². The molecule has 16 heavy (non-hydrogen) atoms. The second-order valence-electron chi connectivity index (χ2n) is 4.51. The minimum Gasteiger partial charge on any atom is -0.461 e. The standard InChI is InChI=1S/C11H12N2O2S/c1-11(2,3)10-9(16-13-12-10)8(14)7-5-4-6-15-7/h4-6H,1-3H3. The van der Waals surface area contributed by atoms with Crippen molar-refractivity contribution < 1.29 is 9.21 Å². The molecule has 2 aromatic heterocycles. The zero-order valence-electron chi connectivity index (χ0n) is 9.35. The molecule has 4 nitrogen and oxygen atoms in total. The molecule has 0 aliphatic carbocycles. The first-order chi connectivity index (χ1) is 7.50. The van der Waals surface area contributed by atoms with E-state index in [1.165, 1.54) is 6.26 Å². The molecule has 0 saturated heterocycles. The number of ketones is 1. The van der Waals surface area contributed by atoms with Gasteiger partial charge in [-0.25, -0.2) is 0 Å². The summed E-state index contributed by atoms with van der Waals surface area (Å²) in [5.74, 6) is 0.182. The molecule has 2 rings (SSSR count). The summed E-state index contributed by atoms with van der Waals surface area (Å²) in [5.41, 5.74) is 0.531. The van der Waals surface area contributed by atoms with Gasteiger partial charge >= 0.3 is 0 Å². The number of carbonyl (C=O) groups excluding carboxylic acids is 1. The molecule has 2 aromatic rings. The van der Waals surface area contributed by atoms with E-state index in [1.807, 2.05) is 20.8 Å². The van der Waals surface area contributed by atoms with Crippen molar-refractivity contribution in [1.82, 2.24) is 9.59 Å². The van der Waals surface area contributed by atoms with E-state index in [1.54, 1.807) is 12.1 Å². The predicted octanol–water partition coefficient (Wildman–Crippen LogP) is 2.66. The largest absolute Gasteiger partial charge is 0.461 e. The molecule has 0 aliphatic heterocycles. The van der Waals surface area contributed by atoms with Crippen molar-refractivity contribution in [2.45, 2.75) is 26.2 Å². The minimum absolute atomic E-state index is 0.148. The fourth-order valence-corrected chi connectivity index (χ4v) is 2.17. The van der Waals surface area contributed by atoms with Crippen LogP contribution >= 0.6 is 11.5 Å². The molecule has 0 saturated carbocycles. The number of hydrogen-bond donors (Lipinski definition) is 0. The highest BCUT2D eigenvalue weighted by Crippen LogP contribution is 2.27. The normalized spacial score (nSPS) is 11.7. The second-order valence-corrected chi connectivity index (χ2v) is 5.26. The molecule has 0 fully saturated rings. The van der Waals surface area contributed by atoms with Gasteiger partial charge in [0.15, 0.2) is 5.76 Å². The molecule has 0 unspecified atom stereocenters. The zero-order valence-corrected chi connectivity index (χ0v) is 10.2. The maximum Gasteiger partial charge on any atom is 0.241 e. The molecule has 0 aliphatic rings. The zero-order chi connectivity index (χ0) is 11.8. The van der Waals surface area contributed by atoms with Crippen LogP contribution in [0.1, 0.15) is 41.9 Å². The predicted molar refractivity (Wildman–Crippen MR) is 60.7 cm³/mol. The van der Waals surface area contributed by atoms with Crippen LogP contribution in [-0.2, 0) is 5.41 Å². The fourth-order valence-electron chi connectivity index (χ4n) is 1.35. The number of hydrogen-bond acceptors (Lipinski definition) is 5. The van der Waals surface area contributed by atoms with Gasteiger partial charge in [0.05, 0.1) is 12.0 Å². The third-order valence-corrected chi connectivity index (χ3v) is 2.87. The lowest BCUT2D eigenvalue weighted by Gasteiger charge is -2.15. The third kappa shape index (κ3) is 1.90. The summed E-state index contributed by atoms with van der Waals surface area (Å²) in [5, 5.41) is 4.02. The van der Waals surface area contributed by atoms with Gasteiger partial charge in [0, 0.05) is 5.41 Å². The molecule has 0 aromatic carbocycles. The Kier molecular flexibility index (Phi) is 2.63. The smallest absolute Gasteiger partial charge is 0.241 e. The van der Waals surface area contributed by atoms with Crippen LogP contribution in [-0.4, -0.2) is 15.4 Å². The lowest BCUT2D eigenvalue weighted by Crippen LogP contribution is -2.16. The van der Waals surface area contributed by atoms with Crippen LogP contribution in [0.3, 0.4) is 0 Å². The quantitative estimate of drug-likeness (QED) is 0.752. The molecular formula is C11H12N2O2S. The van der Waals surface area contributed by atoms with Crippen molar-refractivity contribution in [2.24, 2.45) is 0 Å². The molecule has 0 atom stereocenters. The van der Waals surface area contributed by atoms with Crippen LogP contribution in [0.25, 0.3) is 0 Å². The maximum absolute atomic E-state index is 12.1. The Labute approximate surface area is 97.5 Å². The van der Waals surface area contributed by atoms with Gasteiger partial charge in [-0.3, -0.25) is 4.79 Å². The number of nitrogens with zero attached hydrogens (tertiary/aromatic N) is 2. The Hall–Kier alpha value is -1.49. The summed E-state index contributed by atoms with van der Waals surface area (Å²) in [4.78, 5) is 12.6. The minimum atomic E-state index is -0.190. The summed E-state index contributed by atoms with van der Waals surface area (Å²) < 4.78 is 8.94. The van der Waals surface area contributed by atoms with E-state index in [-0.39, 0.29) is 11.2 Å². The highest BCUT2D eigenvalue weighted by molar-refractivity contribution is 7.08. The summed E-state index contributed by atoms with van der Waals surface area (Å²) in [6, 6.07) is 3.34. The van der Waals surface area contributed by atoms with Crippen LogP contribution in [0.5, 0.6) is 0 Å². The number of furan rings is 1. The first-order valence-corrected chi connectivity index (χ1v) is 5.68. The molecule has 0 bridgehead atoms. The van der Waals surface area contributed by atoms with Gasteiger partial charge in [0.2, 0.25) is 5.78 Å². The van der Waals surface area contributed by atoms with Crippen LogP contribution in [0.15, 0.2) is 22.8 Å². The van der Waals surface area contributed by atoms with Crippen molar-refractivity contribution in [1.29, 1.82) is 0 Å². The van der Waals surface area contributed by atoms with Gasteiger partial charge in [-0.15, -0.1) is 5.10 Å². The van der Waals surface area contributed by atoms with E-state index >= 15 is 0 Å². The van der Waals surface area contributed by atoms with Crippen LogP contribution < -0.4 is 0 Å². The SMILES string of the molecule is CC(C)(C)c1nnsc1C(=O)c1ccco1. The first-order valence-electron chi connectivity index (χ1n) is 4.91. The van der Waals surface area contributed by atoms with Crippen molar-refractivity contribution in [3.05, 3.63) is 34.7 Å². The fraction of sp³-hybridized carbons (Fsp3) is 0.364. The molecule has 0 radical (unpaired) electrons. The van der Waals surface area contributed by atoms with Gasteiger partial charge in [-0.1, -0.05) is 25.3 Å². The van der Waals surface area contributed by atoms with Crippen molar-refractivity contribution in [2.75, 3.05) is 0 Å². The Balaban J connectivity index is 2.43. The first kappa shape index (κ1) is 11.0. The molecule has 5 heteroatoms. The van der Waals surface area contributed by atoms with E-state index in [2.05, 4.69) is 9.59 Å². The molecule has 0 N–H and O–H groups in total.